The number of hydrogen-bond donors (Lipinski definition) is 0. The number of carbonyl (C=O) groups is 1. The molecule has 2 rings (SSSR count). The van der Waals surface area contributed by atoms with E-state index in [4.69, 9.17) is 23.2 Å². The van der Waals surface area contributed by atoms with Gasteiger partial charge in [-0.15, -0.1) is 0 Å². The molecular weight excluding hydrogens is 273 g/mol. The number of halogens is 2. The first-order valence-electron chi connectivity index (χ1n) is 5.62. The largest absolute Gasteiger partial charge is 0.469 e. The molecule has 0 atom stereocenters. The third-order valence-electron chi connectivity index (χ3n) is 2.81. The van der Waals surface area contributed by atoms with Crippen LogP contribution >= 0.6 is 23.2 Å². The maximum absolute atomic E-state index is 11.0. The van der Waals surface area contributed by atoms with E-state index >= 15 is 0 Å². The highest BCUT2D eigenvalue weighted by atomic mass is 35.5. The molecule has 5 heteroatoms. The predicted octanol–water partition coefficient (Wildman–Crippen LogP) is 3.90. The molecule has 0 saturated heterocycles. The number of aryl methyl sites for hydroxylation is 1. The first kappa shape index (κ1) is 13.2. The van der Waals surface area contributed by atoms with Crippen LogP contribution in [0.3, 0.4) is 0 Å². The van der Waals surface area contributed by atoms with E-state index in [-0.39, 0.29) is 5.97 Å². The smallest absolute Gasteiger partial charge is 0.305 e. The molecule has 1 heterocycles. The van der Waals surface area contributed by atoms with Gasteiger partial charge in [0.25, 0.3) is 0 Å². The number of rotatable bonds is 4. The molecular formula is C13H13Cl2NO2. The van der Waals surface area contributed by atoms with Crippen LogP contribution in [0.15, 0.2) is 24.4 Å². The average Bonchev–Trinajstić information content (AvgIpc) is 2.72. The lowest BCUT2D eigenvalue weighted by Gasteiger charge is -2.05. The fourth-order valence-corrected chi connectivity index (χ4v) is 2.46. The fourth-order valence-electron chi connectivity index (χ4n) is 1.91. The summed E-state index contributed by atoms with van der Waals surface area (Å²) < 4.78 is 6.64. The lowest BCUT2D eigenvalue weighted by Crippen LogP contribution is -2.03. The second-order valence-corrected chi connectivity index (χ2v) is 4.85. The SMILES string of the molecule is COC(=O)CCCn1ccc2c(Cl)cc(Cl)cc21. The van der Waals surface area contributed by atoms with E-state index in [0.29, 0.717) is 16.5 Å². The van der Waals surface area contributed by atoms with Crippen LogP contribution in [0.2, 0.25) is 10.0 Å². The zero-order chi connectivity index (χ0) is 13.1. The Balaban J connectivity index is 2.16. The molecule has 96 valence electrons. The van der Waals surface area contributed by atoms with Gasteiger partial charge < -0.3 is 9.30 Å². The topological polar surface area (TPSA) is 31.2 Å². The number of benzene rings is 1. The average molecular weight is 286 g/mol. The molecule has 0 aliphatic heterocycles. The van der Waals surface area contributed by atoms with Gasteiger partial charge in [-0.2, -0.15) is 0 Å². The van der Waals surface area contributed by atoms with E-state index in [9.17, 15) is 4.79 Å². The van der Waals surface area contributed by atoms with Gasteiger partial charge in [0.1, 0.15) is 0 Å². The molecule has 0 radical (unpaired) electrons. The molecule has 0 fully saturated rings. The van der Waals surface area contributed by atoms with Crippen molar-refractivity contribution in [2.24, 2.45) is 0 Å². The van der Waals surface area contributed by atoms with Gasteiger partial charge in [0.05, 0.1) is 17.6 Å². The van der Waals surface area contributed by atoms with Crippen LogP contribution in [0, 0.1) is 0 Å². The Morgan fingerprint density at radius 2 is 2.17 bits per heavy atom. The zero-order valence-corrected chi connectivity index (χ0v) is 11.5. The van der Waals surface area contributed by atoms with Crippen LogP contribution in [0.1, 0.15) is 12.8 Å². The number of nitrogens with zero attached hydrogens (tertiary/aromatic N) is 1. The Hall–Kier alpha value is -1.19. The summed E-state index contributed by atoms with van der Waals surface area (Å²) in [6.45, 7) is 0.731. The van der Waals surface area contributed by atoms with E-state index in [1.165, 1.54) is 7.11 Å². The van der Waals surface area contributed by atoms with E-state index in [1.54, 1.807) is 6.07 Å². The van der Waals surface area contributed by atoms with E-state index < -0.39 is 0 Å². The molecule has 0 unspecified atom stereocenters. The molecule has 3 nitrogen and oxygen atoms in total. The van der Waals surface area contributed by atoms with Crippen molar-refractivity contribution in [3.8, 4) is 0 Å². The first-order chi connectivity index (χ1) is 8.61. The minimum atomic E-state index is -0.192. The standard InChI is InChI=1S/C13H13Cl2NO2/c1-18-13(17)3-2-5-16-6-4-10-11(15)7-9(14)8-12(10)16/h4,6-8H,2-3,5H2,1H3. The molecule has 1 aromatic heterocycles. The van der Waals surface area contributed by atoms with Crippen molar-refractivity contribution in [3.05, 3.63) is 34.4 Å². The van der Waals surface area contributed by atoms with Crippen molar-refractivity contribution < 1.29 is 9.53 Å². The number of esters is 1. The van der Waals surface area contributed by atoms with E-state index in [2.05, 4.69) is 4.74 Å². The minimum absolute atomic E-state index is 0.192. The van der Waals surface area contributed by atoms with Gasteiger partial charge in [0, 0.05) is 29.6 Å². The van der Waals surface area contributed by atoms with Crippen LogP contribution < -0.4 is 0 Å². The molecule has 0 aliphatic rings. The minimum Gasteiger partial charge on any atom is -0.469 e. The summed E-state index contributed by atoms with van der Waals surface area (Å²) in [5.41, 5.74) is 0.984. The normalized spacial score (nSPS) is 10.8. The monoisotopic (exact) mass is 285 g/mol. The highest BCUT2D eigenvalue weighted by Gasteiger charge is 2.07. The van der Waals surface area contributed by atoms with Crippen molar-refractivity contribution >= 4 is 40.1 Å². The molecule has 0 bridgehead atoms. The molecule has 0 saturated carbocycles. The number of methoxy groups -OCH3 is 1. The summed E-state index contributed by atoms with van der Waals surface area (Å²) in [5.74, 6) is -0.192. The van der Waals surface area contributed by atoms with Gasteiger partial charge in [-0.1, -0.05) is 23.2 Å². The zero-order valence-electron chi connectivity index (χ0n) is 9.95. The van der Waals surface area contributed by atoms with Crippen molar-refractivity contribution in [1.29, 1.82) is 0 Å². The number of aromatic nitrogens is 1. The lowest BCUT2D eigenvalue weighted by molar-refractivity contribution is -0.140. The summed E-state index contributed by atoms with van der Waals surface area (Å²) in [4.78, 5) is 11.0. The van der Waals surface area contributed by atoms with Gasteiger partial charge in [0.15, 0.2) is 0 Å². The van der Waals surface area contributed by atoms with Crippen molar-refractivity contribution in [2.75, 3.05) is 7.11 Å². The molecule has 0 spiro atoms. The summed E-state index contributed by atoms with van der Waals surface area (Å²) >= 11 is 12.1. The first-order valence-corrected chi connectivity index (χ1v) is 6.38. The highest BCUT2D eigenvalue weighted by molar-refractivity contribution is 6.38. The van der Waals surface area contributed by atoms with Crippen LogP contribution in [0.4, 0.5) is 0 Å². The maximum atomic E-state index is 11.0. The number of fused-ring (bicyclic) bond motifs is 1. The summed E-state index contributed by atoms with van der Waals surface area (Å²) in [6.07, 6.45) is 3.08. The van der Waals surface area contributed by atoms with Gasteiger partial charge in [-0.25, -0.2) is 0 Å². The summed E-state index contributed by atoms with van der Waals surface area (Å²) in [7, 11) is 1.40. The van der Waals surface area contributed by atoms with Gasteiger partial charge in [0.2, 0.25) is 0 Å². The fraction of sp³-hybridized carbons (Fsp3) is 0.308. The maximum Gasteiger partial charge on any atom is 0.305 e. The van der Waals surface area contributed by atoms with E-state index in [0.717, 1.165) is 23.9 Å². The Kier molecular flexibility index (Phi) is 4.15. The third-order valence-corrected chi connectivity index (χ3v) is 3.34. The summed E-state index contributed by atoms with van der Waals surface area (Å²) in [6, 6.07) is 5.55. The number of hydrogen-bond acceptors (Lipinski definition) is 2. The van der Waals surface area contributed by atoms with Gasteiger partial charge in [-0.05, 0) is 24.6 Å². The lowest BCUT2D eigenvalue weighted by atomic mass is 10.2. The second-order valence-electron chi connectivity index (χ2n) is 4.01. The molecule has 0 aliphatic carbocycles. The van der Waals surface area contributed by atoms with Crippen molar-refractivity contribution in [3.63, 3.8) is 0 Å². The molecule has 0 amide bonds. The highest BCUT2D eigenvalue weighted by Crippen LogP contribution is 2.28. The Morgan fingerprint density at radius 3 is 2.89 bits per heavy atom. The van der Waals surface area contributed by atoms with Crippen LogP contribution in [-0.4, -0.2) is 17.6 Å². The van der Waals surface area contributed by atoms with Crippen LogP contribution in [-0.2, 0) is 16.1 Å². The third kappa shape index (κ3) is 2.79. The van der Waals surface area contributed by atoms with Gasteiger partial charge >= 0.3 is 5.97 Å². The number of carbonyl (C=O) groups excluding carboxylic acids is 1. The Bertz CT molecular complexity index is 578. The molecule has 2 aromatic rings. The quantitative estimate of drug-likeness (QED) is 0.798. The summed E-state index contributed by atoms with van der Waals surface area (Å²) in [5, 5.41) is 2.23. The van der Waals surface area contributed by atoms with Crippen LogP contribution in [0.5, 0.6) is 0 Å². The Labute approximate surface area is 115 Å². The van der Waals surface area contributed by atoms with Crippen molar-refractivity contribution in [2.45, 2.75) is 19.4 Å². The predicted molar refractivity (Wildman–Crippen MR) is 73.2 cm³/mol. The van der Waals surface area contributed by atoms with E-state index in [1.807, 2.05) is 22.9 Å². The van der Waals surface area contributed by atoms with Gasteiger partial charge in [-0.3, -0.25) is 4.79 Å². The molecule has 0 N–H and O–H groups in total. The van der Waals surface area contributed by atoms with Crippen molar-refractivity contribution in [1.82, 2.24) is 4.57 Å². The number of ether oxygens (including phenoxy) is 1. The Morgan fingerprint density at radius 1 is 1.39 bits per heavy atom. The molecule has 1 aromatic carbocycles. The van der Waals surface area contributed by atoms with Crippen LogP contribution in [0.25, 0.3) is 10.9 Å². The molecule has 18 heavy (non-hydrogen) atoms. The second kappa shape index (κ2) is 5.63.